The molecule has 0 atom stereocenters. The van der Waals surface area contributed by atoms with E-state index in [1.54, 1.807) is 5.56 Å². The van der Waals surface area contributed by atoms with Crippen LogP contribution in [0.4, 0.5) is 17.1 Å². The summed E-state index contributed by atoms with van der Waals surface area (Å²) in [6, 6.07) is 56.7. The molecule has 0 saturated heterocycles. The lowest BCUT2D eigenvalue weighted by molar-refractivity contribution is 0.486. The first-order chi connectivity index (χ1) is 33.7. The zero-order valence-electron chi connectivity index (χ0n) is 43.8. The van der Waals surface area contributed by atoms with E-state index < -0.39 is 0 Å². The van der Waals surface area contributed by atoms with Gasteiger partial charge in [0.15, 0.2) is 0 Å². The molecule has 1 aliphatic carbocycles. The summed E-state index contributed by atoms with van der Waals surface area (Å²) in [6.07, 6.45) is 3.56. The van der Waals surface area contributed by atoms with Crippen LogP contribution >= 0.6 is 11.3 Å². The van der Waals surface area contributed by atoms with Crippen molar-refractivity contribution in [2.75, 3.05) is 4.90 Å². The maximum absolute atomic E-state index is 7.31. The summed E-state index contributed by atoms with van der Waals surface area (Å²) in [5.41, 5.74) is 23.0. The molecular formula is C67H66BNOS. The van der Waals surface area contributed by atoms with Crippen molar-refractivity contribution in [3.05, 3.63) is 179 Å². The summed E-state index contributed by atoms with van der Waals surface area (Å²) in [7, 11) is 0. The van der Waals surface area contributed by atoms with E-state index in [0.717, 1.165) is 34.7 Å². The maximum atomic E-state index is 7.31. The van der Waals surface area contributed by atoms with Crippen LogP contribution in [-0.4, -0.2) is 6.71 Å². The van der Waals surface area contributed by atoms with Crippen LogP contribution in [0.5, 0.6) is 11.5 Å². The summed E-state index contributed by atoms with van der Waals surface area (Å²) < 4.78 is 10.1. The maximum Gasteiger partial charge on any atom is 0.256 e. The molecule has 71 heavy (non-hydrogen) atoms. The van der Waals surface area contributed by atoms with Gasteiger partial charge in [0.2, 0.25) is 0 Å². The highest BCUT2D eigenvalue weighted by Gasteiger charge is 2.44. The summed E-state index contributed by atoms with van der Waals surface area (Å²) in [5.74, 6) is 1.86. The minimum absolute atomic E-state index is 0.0187. The third kappa shape index (κ3) is 7.75. The Morgan fingerprint density at radius 3 is 1.58 bits per heavy atom. The van der Waals surface area contributed by atoms with Gasteiger partial charge in [0.1, 0.15) is 11.5 Å². The Bertz CT molecular complexity index is 3530. The average molecular weight is 944 g/mol. The van der Waals surface area contributed by atoms with Crippen LogP contribution in [0.15, 0.2) is 146 Å². The van der Waals surface area contributed by atoms with Crippen molar-refractivity contribution in [3.8, 4) is 44.9 Å². The van der Waals surface area contributed by atoms with Gasteiger partial charge >= 0.3 is 0 Å². The van der Waals surface area contributed by atoms with Crippen LogP contribution in [0, 0.1) is 0 Å². The number of nitrogens with zero attached hydrogens (tertiary/aromatic N) is 1. The number of ether oxygens (including phenoxy) is 1. The molecule has 0 bridgehead atoms. The van der Waals surface area contributed by atoms with E-state index in [2.05, 4.69) is 234 Å². The minimum atomic E-state index is -0.0307. The fourth-order valence-electron chi connectivity index (χ4n) is 11.7. The molecule has 0 radical (unpaired) electrons. The van der Waals surface area contributed by atoms with Crippen LogP contribution in [-0.2, 0) is 34.5 Å². The second kappa shape index (κ2) is 16.1. The van der Waals surface area contributed by atoms with Crippen molar-refractivity contribution in [2.24, 2.45) is 0 Å². The zero-order chi connectivity index (χ0) is 49.5. The molecule has 9 aromatic rings. The topological polar surface area (TPSA) is 12.5 Å². The lowest BCUT2D eigenvalue weighted by Gasteiger charge is -2.41. The summed E-state index contributed by atoms with van der Waals surface area (Å²) in [4.78, 5) is 2.62. The first-order valence-electron chi connectivity index (χ1n) is 26.0. The summed E-state index contributed by atoms with van der Waals surface area (Å²) >= 11 is 1.99. The number of hydrogen-bond donors (Lipinski definition) is 0. The van der Waals surface area contributed by atoms with E-state index in [9.17, 15) is 0 Å². The molecule has 8 aromatic carbocycles. The normalized spacial score (nSPS) is 14.4. The van der Waals surface area contributed by atoms with Crippen LogP contribution in [0.3, 0.4) is 0 Å². The zero-order valence-corrected chi connectivity index (χ0v) is 44.6. The highest BCUT2D eigenvalue weighted by Crippen LogP contribution is 2.51. The lowest BCUT2D eigenvalue weighted by Crippen LogP contribution is -2.59. The number of thiophene rings is 1. The standard InChI is InChI=1S/C67H66BNOS/c1-64(2,3)47-21-16-40(17-22-47)43-34-44(41-18-23-48(24-19-41)65(4,5)6)36-45(35-43)46-37-56-61-58(38-46)70-57-32-27-50(67(10,11)12)39-55(57)68(61)54-31-33-59-60(53-30-20-42-14-13-15-52(42)63(53)71-59)62(54)69(56)51-28-25-49(26-29-51)66(7,8)9/h16-39H,13-15H2,1-12H3. The summed E-state index contributed by atoms with van der Waals surface area (Å²) in [5, 5.41) is 2.73. The number of aryl methyl sites for hydroxylation is 2. The fourth-order valence-corrected chi connectivity index (χ4v) is 13.0. The molecule has 1 aromatic heterocycles. The van der Waals surface area contributed by atoms with Gasteiger partial charge in [-0.3, -0.25) is 0 Å². The van der Waals surface area contributed by atoms with Gasteiger partial charge in [-0.1, -0.05) is 174 Å². The van der Waals surface area contributed by atoms with Crippen LogP contribution in [0.1, 0.15) is 123 Å². The molecule has 2 aliphatic heterocycles. The third-order valence-electron chi connectivity index (χ3n) is 15.9. The van der Waals surface area contributed by atoms with Gasteiger partial charge < -0.3 is 9.64 Å². The Kier molecular flexibility index (Phi) is 10.4. The number of rotatable bonds is 4. The SMILES string of the molecule is CC(C)(C)c1ccc(-c2cc(-c3ccc(C(C)(C)C)cc3)cc(-c3cc4c5c(c3)N(c3ccc(C(C)(C)C)cc3)c3c(ccc6sc7c8c(ccc7c36)CCC8)B5c3cc(C(C)(C)C)ccc3O4)c2)cc1. The molecule has 354 valence electrons. The van der Waals surface area contributed by atoms with E-state index in [-0.39, 0.29) is 28.4 Å². The monoisotopic (exact) mass is 943 g/mol. The Labute approximate surface area is 426 Å². The fraction of sp³-hybridized carbons (Fsp3) is 0.284. The second-order valence-electron chi connectivity index (χ2n) is 24.9. The van der Waals surface area contributed by atoms with Crippen molar-refractivity contribution in [2.45, 2.75) is 124 Å². The van der Waals surface area contributed by atoms with Crippen molar-refractivity contribution in [1.82, 2.24) is 0 Å². The highest BCUT2D eigenvalue weighted by molar-refractivity contribution is 7.26. The molecule has 4 heteroatoms. The molecule has 0 saturated carbocycles. The van der Waals surface area contributed by atoms with Gasteiger partial charge in [-0.25, -0.2) is 0 Å². The summed E-state index contributed by atoms with van der Waals surface area (Å²) in [6.45, 7) is 27.6. The Morgan fingerprint density at radius 2 is 1.00 bits per heavy atom. The van der Waals surface area contributed by atoms with Gasteiger partial charge in [0.25, 0.3) is 6.71 Å². The molecule has 3 aliphatic rings. The van der Waals surface area contributed by atoms with Crippen molar-refractivity contribution >= 4 is 71.7 Å². The highest BCUT2D eigenvalue weighted by atomic mass is 32.1. The largest absolute Gasteiger partial charge is 0.458 e. The van der Waals surface area contributed by atoms with Crippen molar-refractivity contribution < 1.29 is 4.74 Å². The molecule has 0 amide bonds. The van der Waals surface area contributed by atoms with E-state index in [1.165, 1.54) is 111 Å². The van der Waals surface area contributed by atoms with E-state index >= 15 is 0 Å². The first-order valence-corrected chi connectivity index (χ1v) is 26.8. The van der Waals surface area contributed by atoms with Crippen LogP contribution in [0.25, 0.3) is 53.6 Å². The Morgan fingerprint density at radius 1 is 0.465 bits per heavy atom. The lowest BCUT2D eigenvalue weighted by atomic mass is 9.34. The number of fused-ring (bicyclic) bond motifs is 10. The molecule has 12 rings (SSSR count). The Balaban J connectivity index is 1.15. The molecule has 0 unspecified atom stereocenters. The Hall–Kier alpha value is -6.36. The quantitative estimate of drug-likeness (QED) is 0.163. The van der Waals surface area contributed by atoms with Crippen molar-refractivity contribution in [1.29, 1.82) is 0 Å². The number of anilines is 3. The predicted molar refractivity (Wildman–Crippen MR) is 308 cm³/mol. The molecule has 0 N–H and O–H groups in total. The molecule has 3 heterocycles. The molecule has 2 nitrogen and oxygen atoms in total. The van der Waals surface area contributed by atoms with E-state index in [1.807, 2.05) is 11.3 Å². The van der Waals surface area contributed by atoms with Crippen molar-refractivity contribution in [3.63, 3.8) is 0 Å². The van der Waals surface area contributed by atoms with Gasteiger partial charge in [0, 0.05) is 31.5 Å². The van der Waals surface area contributed by atoms with Gasteiger partial charge in [0.05, 0.1) is 5.69 Å². The van der Waals surface area contributed by atoms with Gasteiger partial charge in [-0.05, 0) is 179 Å². The second-order valence-corrected chi connectivity index (χ2v) is 26.0. The minimum Gasteiger partial charge on any atom is -0.458 e. The van der Waals surface area contributed by atoms with Gasteiger partial charge in [-0.2, -0.15) is 0 Å². The van der Waals surface area contributed by atoms with Crippen LogP contribution in [0.2, 0.25) is 0 Å². The molecule has 0 fully saturated rings. The molecular weight excluding hydrogens is 878 g/mol. The third-order valence-corrected chi connectivity index (χ3v) is 17.1. The molecule has 0 spiro atoms. The smallest absolute Gasteiger partial charge is 0.256 e. The van der Waals surface area contributed by atoms with Crippen LogP contribution < -0.4 is 26.0 Å². The van der Waals surface area contributed by atoms with E-state index in [4.69, 9.17) is 4.74 Å². The number of benzene rings is 8. The predicted octanol–water partition coefficient (Wildman–Crippen LogP) is 17.1. The average Bonchev–Trinajstić information content (AvgIpc) is 3.98. The van der Waals surface area contributed by atoms with E-state index in [0.29, 0.717) is 0 Å². The number of hydrogen-bond acceptors (Lipinski definition) is 3. The van der Waals surface area contributed by atoms with Gasteiger partial charge in [-0.15, -0.1) is 11.3 Å². The first kappa shape index (κ1) is 45.8.